The molecule has 0 bridgehead atoms. The predicted molar refractivity (Wildman–Crippen MR) is 142 cm³/mol. The molecule has 11 heteroatoms. The largest absolute Gasteiger partial charge is 0.507 e. The Balaban J connectivity index is 1.64. The monoisotopic (exact) mass is 555 g/mol. The van der Waals surface area contributed by atoms with E-state index in [1.807, 2.05) is 0 Å². The van der Waals surface area contributed by atoms with Gasteiger partial charge in [-0.05, 0) is 49.4 Å². The van der Waals surface area contributed by atoms with Gasteiger partial charge in [0.05, 0.1) is 16.6 Å². The van der Waals surface area contributed by atoms with Crippen LogP contribution in [0.3, 0.4) is 0 Å². The number of piperazine rings is 1. The molecule has 0 saturated carbocycles. The highest BCUT2D eigenvalue weighted by molar-refractivity contribution is 7.99. The number of aliphatic hydroxyl groups is 1. The third-order valence-electron chi connectivity index (χ3n) is 6.64. The molecule has 6 nitrogen and oxygen atoms in total. The number of phenolic OH excluding ortho intramolecular Hbond substituents is 1. The number of fused-ring (bicyclic) bond motifs is 1. The van der Waals surface area contributed by atoms with E-state index in [1.54, 1.807) is 0 Å². The topological polar surface area (TPSA) is 79.8 Å². The fourth-order valence-corrected chi connectivity index (χ4v) is 5.73. The van der Waals surface area contributed by atoms with E-state index in [0.717, 1.165) is 56.6 Å². The maximum absolute atomic E-state index is 13.5. The van der Waals surface area contributed by atoms with Crippen LogP contribution in [0.2, 0.25) is 5.02 Å². The van der Waals surface area contributed by atoms with Gasteiger partial charge in [-0.15, -0.1) is 11.8 Å². The summed E-state index contributed by atoms with van der Waals surface area (Å²) in [7, 11) is 0. The van der Waals surface area contributed by atoms with Crippen LogP contribution in [0, 0.1) is 0 Å². The minimum Gasteiger partial charge on any atom is -0.507 e. The molecule has 0 aliphatic carbocycles. The smallest absolute Gasteiger partial charge is 0.416 e. The van der Waals surface area contributed by atoms with Crippen molar-refractivity contribution in [3.05, 3.63) is 57.3 Å². The molecule has 3 aromatic rings. The predicted octanol–water partition coefficient (Wildman–Crippen LogP) is 5.05. The van der Waals surface area contributed by atoms with E-state index in [0.29, 0.717) is 13.0 Å². The van der Waals surface area contributed by atoms with E-state index in [-0.39, 0.29) is 43.5 Å². The number of aromatic nitrogens is 1. The normalized spacial score (nSPS) is 16.4. The third kappa shape index (κ3) is 6.61. The summed E-state index contributed by atoms with van der Waals surface area (Å²) >= 11 is 7.20. The first-order chi connectivity index (χ1) is 17.6. The average molecular weight is 556 g/mol. The van der Waals surface area contributed by atoms with Gasteiger partial charge < -0.3 is 25.0 Å². The van der Waals surface area contributed by atoms with Crippen molar-refractivity contribution in [3.8, 4) is 16.9 Å². The number of aliphatic hydroxyl groups excluding tert-OH is 1. The van der Waals surface area contributed by atoms with Crippen LogP contribution in [0.15, 0.2) is 46.1 Å². The zero-order valence-electron chi connectivity index (χ0n) is 20.3. The van der Waals surface area contributed by atoms with Gasteiger partial charge in [-0.2, -0.15) is 13.2 Å². The van der Waals surface area contributed by atoms with Gasteiger partial charge in [-0.25, -0.2) is 0 Å². The van der Waals surface area contributed by atoms with E-state index in [4.69, 9.17) is 11.6 Å². The number of likely N-dealkylation sites (N-methyl/N-ethyl adjacent to an activating group) is 1. The molecule has 1 aliphatic rings. The number of benzene rings is 2. The third-order valence-corrected chi connectivity index (χ3v) is 8.10. The Morgan fingerprint density at radius 1 is 1.11 bits per heavy atom. The summed E-state index contributed by atoms with van der Waals surface area (Å²) in [6.45, 7) is 7.69. The van der Waals surface area contributed by atoms with E-state index >= 15 is 0 Å². The Morgan fingerprint density at radius 2 is 1.81 bits per heavy atom. The molecule has 1 unspecified atom stereocenters. The van der Waals surface area contributed by atoms with Crippen LogP contribution in [-0.2, 0) is 6.18 Å². The quantitative estimate of drug-likeness (QED) is 0.337. The van der Waals surface area contributed by atoms with E-state index in [1.165, 1.54) is 24.3 Å². The molecule has 2 aromatic carbocycles. The number of aromatic hydroxyl groups is 1. The van der Waals surface area contributed by atoms with Crippen molar-refractivity contribution in [2.45, 2.75) is 30.5 Å². The van der Waals surface area contributed by atoms with Crippen LogP contribution in [0.5, 0.6) is 5.75 Å². The van der Waals surface area contributed by atoms with Gasteiger partial charge >= 0.3 is 6.18 Å². The molecule has 0 amide bonds. The van der Waals surface area contributed by atoms with Crippen LogP contribution in [-0.4, -0.2) is 76.1 Å². The summed E-state index contributed by atoms with van der Waals surface area (Å²) in [4.78, 5) is 20.5. The molecule has 1 saturated heterocycles. The summed E-state index contributed by atoms with van der Waals surface area (Å²) in [5, 5.41) is 21.6. The fourth-order valence-electron chi connectivity index (χ4n) is 4.49. The van der Waals surface area contributed by atoms with Gasteiger partial charge in [0.1, 0.15) is 5.75 Å². The van der Waals surface area contributed by atoms with Crippen LogP contribution in [0.25, 0.3) is 22.0 Å². The van der Waals surface area contributed by atoms with Crippen molar-refractivity contribution in [1.82, 2.24) is 14.8 Å². The van der Waals surface area contributed by atoms with Crippen molar-refractivity contribution in [3.63, 3.8) is 0 Å². The van der Waals surface area contributed by atoms with Crippen molar-refractivity contribution >= 4 is 34.3 Å². The van der Waals surface area contributed by atoms with Crippen molar-refractivity contribution < 1.29 is 23.4 Å². The first-order valence-electron chi connectivity index (χ1n) is 12.1. The van der Waals surface area contributed by atoms with Crippen molar-refractivity contribution in [1.29, 1.82) is 0 Å². The highest BCUT2D eigenvalue weighted by Gasteiger charge is 2.31. The Morgan fingerprint density at radius 3 is 2.49 bits per heavy atom. The molecule has 2 heterocycles. The maximum Gasteiger partial charge on any atom is 0.416 e. The van der Waals surface area contributed by atoms with Gasteiger partial charge in [0, 0.05) is 65.5 Å². The van der Waals surface area contributed by atoms with Crippen molar-refractivity contribution in [2.24, 2.45) is 0 Å². The number of alkyl halides is 3. The number of hydrogen-bond donors (Lipinski definition) is 3. The van der Waals surface area contributed by atoms with Gasteiger partial charge in [0.25, 0.3) is 5.56 Å². The molecule has 1 aliphatic heterocycles. The molecular weight excluding hydrogens is 527 g/mol. The molecule has 0 radical (unpaired) electrons. The number of halogens is 4. The van der Waals surface area contributed by atoms with Gasteiger partial charge in [-0.1, -0.05) is 18.5 Å². The number of aromatic amines is 1. The molecule has 3 N–H and O–H groups in total. The van der Waals surface area contributed by atoms with E-state index in [2.05, 4.69) is 21.7 Å². The Kier molecular flexibility index (Phi) is 8.75. The lowest BCUT2D eigenvalue weighted by Crippen LogP contribution is -2.46. The lowest BCUT2D eigenvalue weighted by Gasteiger charge is -2.34. The summed E-state index contributed by atoms with van der Waals surface area (Å²) in [6, 6.07) is 7.26. The SMILES string of the molecule is CCN1CCN(CCC(O)CSc2c(-c3cc(Cl)ccc3O)c3cc(C(F)(F)F)ccc3[nH]c2=O)CC1. The molecule has 1 aromatic heterocycles. The first-order valence-corrected chi connectivity index (χ1v) is 13.4. The van der Waals surface area contributed by atoms with Crippen molar-refractivity contribution in [2.75, 3.05) is 45.0 Å². The fraction of sp³-hybridized carbons (Fsp3) is 0.423. The van der Waals surface area contributed by atoms with Gasteiger partial charge in [-0.3, -0.25) is 4.79 Å². The second-order valence-corrected chi connectivity index (χ2v) is 10.6. The number of phenols is 1. The molecule has 1 atom stereocenters. The summed E-state index contributed by atoms with van der Waals surface area (Å²) in [6.07, 6.45) is -4.82. The number of nitrogens with one attached hydrogen (secondary N) is 1. The molecule has 37 heavy (non-hydrogen) atoms. The number of rotatable bonds is 8. The zero-order valence-corrected chi connectivity index (χ0v) is 21.9. The lowest BCUT2D eigenvalue weighted by atomic mass is 9.98. The number of thioether (sulfide) groups is 1. The minimum absolute atomic E-state index is 0.111. The standard InChI is InChI=1S/C26H29ClF3N3O3S/c1-2-32-9-11-33(12-10-32)8-7-18(34)15-37-24-23(20-14-17(27)4-6-22(20)35)19-13-16(26(28,29)30)3-5-21(19)31-25(24)36/h3-6,13-14,18,34-35H,2,7-12,15H2,1H3,(H,31,36). The summed E-state index contributed by atoms with van der Waals surface area (Å²) < 4.78 is 40.6. The Bertz CT molecular complexity index is 1310. The lowest BCUT2D eigenvalue weighted by molar-refractivity contribution is -0.137. The van der Waals surface area contributed by atoms with E-state index < -0.39 is 23.4 Å². The summed E-state index contributed by atoms with van der Waals surface area (Å²) in [5.41, 5.74) is -0.904. The minimum atomic E-state index is -4.59. The maximum atomic E-state index is 13.5. The molecular formula is C26H29ClF3N3O3S. The summed E-state index contributed by atoms with van der Waals surface area (Å²) in [5.74, 6) is -0.0566. The zero-order chi connectivity index (χ0) is 26.7. The number of hydrogen-bond acceptors (Lipinski definition) is 6. The molecule has 200 valence electrons. The Hall–Kier alpha value is -2.24. The number of H-pyrrole nitrogens is 1. The highest BCUT2D eigenvalue weighted by Crippen LogP contribution is 2.42. The molecule has 1 fully saturated rings. The van der Waals surface area contributed by atoms with Gasteiger partial charge in [0.2, 0.25) is 0 Å². The second-order valence-electron chi connectivity index (χ2n) is 9.11. The molecule has 0 spiro atoms. The highest BCUT2D eigenvalue weighted by atomic mass is 35.5. The van der Waals surface area contributed by atoms with Crippen LogP contribution in [0.4, 0.5) is 13.2 Å². The van der Waals surface area contributed by atoms with Crippen LogP contribution >= 0.6 is 23.4 Å². The van der Waals surface area contributed by atoms with E-state index in [9.17, 15) is 28.2 Å². The van der Waals surface area contributed by atoms with Gasteiger partial charge in [0.15, 0.2) is 0 Å². The van der Waals surface area contributed by atoms with Crippen LogP contribution in [0.1, 0.15) is 18.9 Å². The first kappa shape index (κ1) is 27.8. The number of nitrogens with zero attached hydrogens (tertiary/aromatic N) is 2. The number of pyridine rings is 1. The average Bonchev–Trinajstić information content (AvgIpc) is 2.87. The Labute approximate surface area is 222 Å². The second kappa shape index (κ2) is 11.7. The van der Waals surface area contributed by atoms with Crippen LogP contribution < -0.4 is 5.56 Å². The molecule has 4 rings (SSSR count).